The van der Waals surface area contributed by atoms with Crippen LogP contribution in [0.15, 0.2) is 54.1 Å². The molecule has 0 saturated heterocycles. The van der Waals surface area contributed by atoms with Crippen LogP contribution >= 0.6 is 0 Å². The summed E-state index contributed by atoms with van der Waals surface area (Å²) >= 11 is 0. The molecule has 0 radical (unpaired) electrons. The molecule has 0 saturated carbocycles. The van der Waals surface area contributed by atoms with Crippen LogP contribution in [-0.4, -0.2) is 44.1 Å². The van der Waals surface area contributed by atoms with Gasteiger partial charge in [-0.3, -0.25) is 14.2 Å². The van der Waals surface area contributed by atoms with Crippen LogP contribution in [0.25, 0.3) is 10.9 Å². The van der Waals surface area contributed by atoms with Crippen LogP contribution in [0.1, 0.15) is 6.42 Å². The molecule has 1 atom stereocenters. The second-order valence-corrected chi connectivity index (χ2v) is 5.91. The minimum atomic E-state index is -0.844. The molecular weight excluding hydrogens is 350 g/mol. The topological polar surface area (TPSA) is 108 Å². The molecule has 0 unspecified atom stereocenters. The van der Waals surface area contributed by atoms with Crippen molar-refractivity contribution in [2.45, 2.75) is 25.6 Å². The number of hydrogen-bond acceptors (Lipinski definition) is 6. The van der Waals surface area contributed by atoms with Gasteiger partial charge in [-0.25, -0.2) is 14.8 Å². The Morgan fingerprint density at radius 1 is 1.26 bits per heavy atom. The maximum Gasteiger partial charge on any atom is 0.330 e. The monoisotopic (exact) mass is 369 g/mol. The van der Waals surface area contributed by atoms with Crippen LogP contribution in [0.5, 0.6) is 0 Å². The number of hydrogen-bond donors (Lipinski definition) is 1. The van der Waals surface area contributed by atoms with Gasteiger partial charge in [0.25, 0.3) is 5.56 Å². The highest BCUT2D eigenvalue weighted by Gasteiger charge is 2.22. The smallest absolute Gasteiger partial charge is 0.330 e. The van der Waals surface area contributed by atoms with Gasteiger partial charge in [-0.2, -0.15) is 0 Å². The number of methoxy groups -OCH3 is 1. The van der Waals surface area contributed by atoms with Crippen molar-refractivity contribution in [3.63, 3.8) is 0 Å². The summed E-state index contributed by atoms with van der Waals surface area (Å²) in [5.41, 5.74) is 0.394. The number of benzene rings is 1. The first-order valence-corrected chi connectivity index (χ1v) is 8.35. The summed E-state index contributed by atoms with van der Waals surface area (Å²) in [5.74, 6) is -0.924. The standard InChI is InChI=1S/C18H19N5O4/c1-27-18(26)15(10-22-9-7-19-11-22)21-16(24)6-8-23-12-20-14-5-3-2-4-13(14)17(23)25/h2-5,7,9,11-12,15H,6,8,10H2,1H3,(H,21,24)/t15-/m1/s1. The number of imidazole rings is 1. The molecular formula is C18H19N5O4. The normalized spacial score (nSPS) is 11.9. The van der Waals surface area contributed by atoms with E-state index in [0.717, 1.165) is 0 Å². The van der Waals surface area contributed by atoms with Gasteiger partial charge in [0.05, 0.1) is 37.2 Å². The Labute approximate surface area is 154 Å². The van der Waals surface area contributed by atoms with E-state index in [0.29, 0.717) is 10.9 Å². The average Bonchev–Trinajstić information content (AvgIpc) is 3.19. The molecule has 1 aromatic carbocycles. The highest BCUT2D eigenvalue weighted by Crippen LogP contribution is 2.05. The van der Waals surface area contributed by atoms with Crippen LogP contribution in [-0.2, 0) is 27.4 Å². The van der Waals surface area contributed by atoms with Crippen molar-refractivity contribution >= 4 is 22.8 Å². The molecule has 2 heterocycles. The van der Waals surface area contributed by atoms with Crippen molar-refractivity contribution in [1.29, 1.82) is 0 Å². The number of carbonyl (C=O) groups is 2. The predicted molar refractivity (Wildman–Crippen MR) is 96.8 cm³/mol. The van der Waals surface area contributed by atoms with Gasteiger partial charge in [-0.15, -0.1) is 0 Å². The van der Waals surface area contributed by atoms with Gasteiger partial charge in [0.1, 0.15) is 6.04 Å². The first-order chi connectivity index (χ1) is 13.1. The van der Waals surface area contributed by atoms with Gasteiger partial charge in [0.15, 0.2) is 0 Å². The Hall–Kier alpha value is -3.49. The number of nitrogens with one attached hydrogen (secondary N) is 1. The van der Waals surface area contributed by atoms with Crippen LogP contribution in [0.4, 0.5) is 0 Å². The average molecular weight is 369 g/mol. The molecule has 0 aliphatic heterocycles. The SMILES string of the molecule is COC(=O)[C@@H](Cn1ccnc1)NC(=O)CCn1cnc2ccccc2c1=O. The third kappa shape index (κ3) is 4.38. The summed E-state index contributed by atoms with van der Waals surface area (Å²) in [7, 11) is 1.26. The fraction of sp³-hybridized carbons (Fsp3) is 0.278. The fourth-order valence-corrected chi connectivity index (χ4v) is 2.68. The summed E-state index contributed by atoms with van der Waals surface area (Å²) in [6.07, 6.45) is 6.25. The van der Waals surface area contributed by atoms with Gasteiger partial charge < -0.3 is 14.6 Å². The van der Waals surface area contributed by atoms with Crippen molar-refractivity contribution in [3.05, 3.63) is 59.7 Å². The number of aryl methyl sites for hydroxylation is 1. The lowest BCUT2D eigenvalue weighted by atomic mass is 10.2. The summed E-state index contributed by atoms with van der Waals surface area (Å²) in [6.45, 7) is 0.358. The molecule has 0 fully saturated rings. The van der Waals surface area contributed by atoms with Crippen LogP contribution in [0.3, 0.4) is 0 Å². The van der Waals surface area contributed by atoms with Gasteiger partial charge in [0, 0.05) is 25.4 Å². The van der Waals surface area contributed by atoms with Gasteiger partial charge in [-0.1, -0.05) is 12.1 Å². The predicted octanol–water partition coefficient (Wildman–Crippen LogP) is 0.341. The Bertz CT molecular complexity index is 996. The number of para-hydroxylation sites is 1. The van der Waals surface area contributed by atoms with Gasteiger partial charge in [0.2, 0.25) is 5.91 Å². The maximum absolute atomic E-state index is 12.4. The van der Waals surface area contributed by atoms with Crippen molar-refractivity contribution < 1.29 is 14.3 Å². The minimum absolute atomic E-state index is 0.0251. The third-order valence-electron chi connectivity index (χ3n) is 4.08. The highest BCUT2D eigenvalue weighted by atomic mass is 16.5. The summed E-state index contributed by atoms with van der Waals surface area (Å²) in [5, 5.41) is 3.13. The molecule has 0 spiro atoms. The zero-order valence-corrected chi connectivity index (χ0v) is 14.7. The Balaban J connectivity index is 1.65. The number of ether oxygens (including phenoxy) is 1. The number of rotatable bonds is 7. The van der Waals surface area contributed by atoms with E-state index in [1.165, 1.54) is 18.0 Å². The van der Waals surface area contributed by atoms with E-state index in [9.17, 15) is 14.4 Å². The first kappa shape index (κ1) is 18.3. The summed E-state index contributed by atoms with van der Waals surface area (Å²) in [4.78, 5) is 44.7. The fourth-order valence-electron chi connectivity index (χ4n) is 2.68. The molecule has 140 valence electrons. The number of carbonyl (C=O) groups excluding carboxylic acids is 2. The van der Waals surface area contributed by atoms with Crippen molar-refractivity contribution in [2.24, 2.45) is 0 Å². The Morgan fingerprint density at radius 2 is 2.07 bits per heavy atom. The summed E-state index contributed by atoms with van der Waals surface area (Å²) in [6, 6.07) is 6.17. The number of fused-ring (bicyclic) bond motifs is 1. The molecule has 0 bridgehead atoms. The second kappa shape index (κ2) is 8.26. The lowest BCUT2D eigenvalue weighted by Gasteiger charge is -2.17. The molecule has 1 N–H and O–H groups in total. The molecule has 2 aromatic heterocycles. The zero-order chi connectivity index (χ0) is 19.2. The van der Waals surface area contributed by atoms with Gasteiger partial charge in [-0.05, 0) is 12.1 Å². The van der Waals surface area contributed by atoms with Crippen LogP contribution in [0.2, 0.25) is 0 Å². The van der Waals surface area contributed by atoms with E-state index in [1.807, 2.05) is 0 Å². The number of nitrogens with zero attached hydrogens (tertiary/aromatic N) is 4. The molecule has 3 aromatic rings. The lowest BCUT2D eigenvalue weighted by molar-refractivity contribution is -0.145. The van der Waals surface area contributed by atoms with E-state index >= 15 is 0 Å². The molecule has 0 aliphatic rings. The van der Waals surface area contributed by atoms with Crippen LogP contribution in [0, 0.1) is 0 Å². The Kier molecular flexibility index (Phi) is 5.60. The van der Waals surface area contributed by atoms with E-state index in [-0.39, 0.29) is 31.0 Å². The van der Waals surface area contributed by atoms with Crippen LogP contribution < -0.4 is 10.9 Å². The van der Waals surface area contributed by atoms with Crippen molar-refractivity contribution in [3.8, 4) is 0 Å². The Morgan fingerprint density at radius 3 is 2.81 bits per heavy atom. The van der Waals surface area contributed by atoms with Crippen molar-refractivity contribution in [2.75, 3.05) is 7.11 Å². The zero-order valence-electron chi connectivity index (χ0n) is 14.7. The molecule has 1 amide bonds. The second-order valence-electron chi connectivity index (χ2n) is 5.91. The molecule has 27 heavy (non-hydrogen) atoms. The van der Waals surface area contributed by atoms with E-state index in [4.69, 9.17) is 4.74 Å². The molecule has 9 nitrogen and oxygen atoms in total. The molecule has 0 aliphatic carbocycles. The molecule has 9 heteroatoms. The number of amides is 1. The minimum Gasteiger partial charge on any atom is -0.467 e. The molecule has 3 rings (SSSR count). The largest absolute Gasteiger partial charge is 0.467 e. The highest BCUT2D eigenvalue weighted by molar-refractivity contribution is 5.84. The number of aromatic nitrogens is 4. The summed E-state index contributed by atoms with van der Waals surface area (Å²) < 4.78 is 7.79. The van der Waals surface area contributed by atoms with Gasteiger partial charge >= 0.3 is 5.97 Å². The maximum atomic E-state index is 12.4. The van der Waals surface area contributed by atoms with Crippen molar-refractivity contribution in [1.82, 2.24) is 24.4 Å². The van der Waals surface area contributed by atoms with E-state index < -0.39 is 12.0 Å². The first-order valence-electron chi connectivity index (χ1n) is 8.35. The lowest BCUT2D eigenvalue weighted by Crippen LogP contribution is -2.44. The number of esters is 1. The van der Waals surface area contributed by atoms with E-state index in [2.05, 4.69) is 15.3 Å². The quantitative estimate of drug-likeness (QED) is 0.602. The third-order valence-corrected chi connectivity index (χ3v) is 4.08. The van der Waals surface area contributed by atoms with E-state index in [1.54, 1.807) is 47.6 Å².